The van der Waals surface area contributed by atoms with E-state index in [1.54, 1.807) is 19.3 Å². The molecule has 0 bridgehead atoms. The highest BCUT2D eigenvalue weighted by atomic mass is 35.5. The van der Waals surface area contributed by atoms with Crippen LogP contribution in [0.1, 0.15) is 29.1 Å². The molecule has 2 rings (SSSR count). The van der Waals surface area contributed by atoms with Crippen LogP contribution in [0.15, 0.2) is 30.6 Å². The maximum atomic E-state index is 11.9. The molecule has 2 aromatic rings. The van der Waals surface area contributed by atoms with E-state index in [2.05, 4.69) is 20.6 Å². The van der Waals surface area contributed by atoms with Crippen molar-refractivity contribution in [3.8, 4) is 0 Å². The number of anilines is 1. The summed E-state index contributed by atoms with van der Waals surface area (Å²) >= 11 is 5.81. The van der Waals surface area contributed by atoms with Crippen LogP contribution in [0.2, 0.25) is 5.02 Å². The van der Waals surface area contributed by atoms with E-state index in [1.807, 2.05) is 0 Å². The molecule has 0 aliphatic rings. The maximum Gasteiger partial charge on any atom is 0.337 e. The van der Waals surface area contributed by atoms with Gasteiger partial charge in [-0.25, -0.2) is 14.6 Å². The third kappa shape index (κ3) is 3.73. The van der Waals surface area contributed by atoms with Crippen molar-refractivity contribution in [3.63, 3.8) is 0 Å². The number of hydrogen-bond donors (Lipinski definition) is 4. The number of H-pyrrole nitrogens is 1. The zero-order valence-electron chi connectivity index (χ0n) is 11.1. The number of carbonyl (C=O) groups excluding carboxylic acids is 1. The zero-order valence-corrected chi connectivity index (χ0v) is 11.8. The number of amides is 2. The van der Waals surface area contributed by atoms with Gasteiger partial charge in [-0.05, 0) is 25.1 Å². The van der Waals surface area contributed by atoms with Gasteiger partial charge in [-0.2, -0.15) is 0 Å². The monoisotopic (exact) mass is 308 g/mol. The van der Waals surface area contributed by atoms with Gasteiger partial charge in [-0.3, -0.25) is 0 Å². The van der Waals surface area contributed by atoms with Crippen LogP contribution in [0.25, 0.3) is 0 Å². The molecule has 8 heteroatoms. The number of hydrogen-bond acceptors (Lipinski definition) is 3. The molecule has 0 radical (unpaired) electrons. The van der Waals surface area contributed by atoms with E-state index in [9.17, 15) is 9.59 Å². The average Bonchev–Trinajstić information content (AvgIpc) is 2.91. The highest BCUT2D eigenvalue weighted by Gasteiger charge is 2.15. The molecule has 1 aromatic heterocycles. The summed E-state index contributed by atoms with van der Waals surface area (Å²) in [7, 11) is 0. The molecule has 0 saturated heterocycles. The Bertz CT molecular complexity index is 657. The van der Waals surface area contributed by atoms with Crippen LogP contribution in [0, 0.1) is 0 Å². The van der Waals surface area contributed by atoms with Crippen molar-refractivity contribution in [2.45, 2.75) is 13.0 Å². The van der Waals surface area contributed by atoms with E-state index >= 15 is 0 Å². The molecule has 0 saturated carbocycles. The summed E-state index contributed by atoms with van der Waals surface area (Å²) in [6.07, 6.45) is 3.22. The number of carboxylic acids is 1. The van der Waals surface area contributed by atoms with Crippen molar-refractivity contribution in [3.05, 3.63) is 47.0 Å². The van der Waals surface area contributed by atoms with Crippen molar-refractivity contribution in [2.24, 2.45) is 0 Å². The summed E-state index contributed by atoms with van der Waals surface area (Å²) in [4.78, 5) is 29.9. The minimum atomic E-state index is -1.15. The van der Waals surface area contributed by atoms with E-state index in [-0.39, 0.29) is 17.3 Å². The molecule has 2 amide bonds. The summed E-state index contributed by atoms with van der Waals surface area (Å²) in [5, 5.41) is 14.5. The molecule has 7 nitrogen and oxygen atoms in total. The van der Waals surface area contributed by atoms with Crippen LogP contribution in [-0.2, 0) is 0 Å². The minimum Gasteiger partial charge on any atom is -0.478 e. The van der Waals surface area contributed by atoms with Crippen molar-refractivity contribution < 1.29 is 14.7 Å². The molecule has 4 N–H and O–H groups in total. The van der Waals surface area contributed by atoms with Crippen molar-refractivity contribution >= 4 is 29.3 Å². The Morgan fingerprint density at radius 2 is 2.19 bits per heavy atom. The first-order valence-electron chi connectivity index (χ1n) is 6.07. The fraction of sp³-hybridized carbons (Fsp3) is 0.154. The van der Waals surface area contributed by atoms with E-state index in [4.69, 9.17) is 16.7 Å². The number of aromatic amines is 1. The molecule has 21 heavy (non-hydrogen) atoms. The maximum absolute atomic E-state index is 11.9. The largest absolute Gasteiger partial charge is 0.478 e. The molecular weight excluding hydrogens is 296 g/mol. The molecule has 0 spiro atoms. The van der Waals surface area contributed by atoms with Crippen LogP contribution in [0.5, 0.6) is 0 Å². The van der Waals surface area contributed by atoms with Crippen LogP contribution in [0.3, 0.4) is 0 Å². The second-order valence-electron chi connectivity index (χ2n) is 4.29. The summed E-state index contributed by atoms with van der Waals surface area (Å²) in [6.45, 7) is 1.74. The standard InChI is InChI=1S/C13H13ClN4O3/c1-7(11-15-4-5-16-11)17-13(21)18-10-6-8(14)2-3-9(10)12(19)20/h2-7H,1H3,(H,15,16)(H,19,20)(H2,17,18,21). The van der Waals surface area contributed by atoms with Crippen molar-refractivity contribution in [1.29, 1.82) is 0 Å². The highest BCUT2D eigenvalue weighted by Crippen LogP contribution is 2.21. The van der Waals surface area contributed by atoms with Gasteiger partial charge in [0.1, 0.15) is 5.82 Å². The SMILES string of the molecule is CC(NC(=O)Nc1cc(Cl)ccc1C(=O)O)c1ncc[nH]1. The number of nitrogens with zero attached hydrogens (tertiary/aromatic N) is 1. The van der Waals surface area contributed by atoms with Crippen molar-refractivity contribution in [1.82, 2.24) is 15.3 Å². The molecule has 0 fully saturated rings. The lowest BCUT2D eigenvalue weighted by atomic mass is 10.2. The normalized spacial score (nSPS) is 11.7. The molecular formula is C13H13ClN4O3. The molecule has 1 atom stereocenters. The van der Waals surface area contributed by atoms with Crippen LogP contribution < -0.4 is 10.6 Å². The number of aromatic carboxylic acids is 1. The fourth-order valence-electron chi connectivity index (χ4n) is 1.74. The number of carboxylic acid groups (broad SMARTS) is 1. The predicted octanol–water partition coefficient (Wildman–Crippen LogP) is 2.64. The third-order valence-corrected chi connectivity index (χ3v) is 2.97. The Morgan fingerprint density at radius 1 is 1.43 bits per heavy atom. The first kappa shape index (κ1) is 14.9. The number of rotatable bonds is 4. The smallest absolute Gasteiger partial charge is 0.337 e. The summed E-state index contributed by atoms with van der Waals surface area (Å²) in [5.41, 5.74) is 0.0827. The van der Waals surface area contributed by atoms with Gasteiger partial charge in [0.25, 0.3) is 0 Å². The molecule has 0 aliphatic heterocycles. The summed E-state index contributed by atoms with van der Waals surface area (Å²) < 4.78 is 0. The molecule has 1 aromatic carbocycles. The Labute approximate surface area is 125 Å². The zero-order chi connectivity index (χ0) is 15.4. The van der Waals surface area contributed by atoms with Crippen LogP contribution >= 0.6 is 11.6 Å². The van der Waals surface area contributed by atoms with Gasteiger partial charge in [-0.1, -0.05) is 11.6 Å². The van der Waals surface area contributed by atoms with Gasteiger partial charge < -0.3 is 20.7 Å². The van der Waals surface area contributed by atoms with Gasteiger partial charge in [0.05, 0.1) is 17.3 Å². The second kappa shape index (κ2) is 6.27. The molecule has 110 valence electrons. The lowest BCUT2D eigenvalue weighted by Crippen LogP contribution is -2.32. The lowest BCUT2D eigenvalue weighted by Gasteiger charge is -2.14. The molecule has 0 aliphatic carbocycles. The van der Waals surface area contributed by atoms with Gasteiger partial charge in [0, 0.05) is 17.4 Å². The van der Waals surface area contributed by atoms with Gasteiger partial charge in [0.15, 0.2) is 0 Å². The first-order chi connectivity index (χ1) is 9.97. The Morgan fingerprint density at radius 3 is 2.81 bits per heavy atom. The average molecular weight is 309 g/mol. The minimum absolute atomic E-state index is 0.0415. The molecule has 1 unspecified atom stereocenters. The van der Waals surface area contributed by atoms with Gasteiger partial charge in [-0.15, -0.1) is 0 Å². The quantitative estimate of drug-likeness (QED) is 0.696. The second-order valence-corrected chi connectivity index (χ2v) is 4.73. The van der Waals surface area contributed by atoms with Gasteiger partial charge in [0.2, 0.25) is 0 Å². The predicted molar refractivity (Wildman–Crippen MR) is 77.6 cm³/mol. The Balaban J connectivity index is 2.09. The Hall–Kier alpha value is -2.54. The number of halogens is 1. The topological polar surface area (TPSA) is 107 Å². The van der Waals surface area contributed by atoms with Gasteiger partial charge >= 0.3 is 12.0 Å². The summed E-state index contributed by atoms with van der Waals surface area (Å²) in [6, 6.07) is 3.24. The first-order valence-corrected chi connectivity index (χ1v) is 6.45. The number of carbonyl (C=O) groups is 2. The number of benzene rings is 1. The van der Waals surface area contributed by atoms with Crippen molar-refractivity contribution in [2.75, 3.05) is 5.32 Å². The van der Waals surface area contributed by atoms with Crippen LogP contribution in [-0.4, -0.2) is 27.1 Å². The third-order valence-electron chi connectivity index (χ3n) is 2.74. The summed E-state index contributed by atoms with van der Waals surface area (Å²) in [5.74, 6) is -0.559. The number of imidazole rings is 1. The Kier molecular flexibility index (Phi) is 4.44. The van der Waals surface area contributed by atoms with Crippen LogP contribution in [0.4, 0.5) is 10.5 Å². The van der Waals surface area contributed by atoms with E-state index < -0.39 is 12.0 Å². The molecule has 1 heterocycles. The van der Waals surface area contributed by atoms with E-state index in [0.29, 0.717) is 10.8 Å². The van der Waals surface area contributed by atoms with E-state index in [0.717, 1.165) is 0 Å². The lowest BCUT2D eigenvalue weighted by molar-refractivity contribution is 0.0698. The fourth-order valence-corrected chi connectivity index (χ4v) is 1.92. The highest BCUT2D eigenvalue weighted by molar-refractivity contribution is 6.31. The number of nitrogens with one attached hydrogen (secondary N) is 3. The number of aromatic nitrogens is 2. The van der Waals surface area contributed by atoms with E-state index in [1.165, 1.54) is 18.2 Å². The number of urea groups is 1.